The van der Waals surface area contributed by atoms with Crippen molar-refractivity contribution in [1.82, 2.24) is 0 Å². The van der Waals surface area contributed by atoms with Crippen molar-refractivity contribution in [2.45, 2.75) is 72.4 Å². The van der Waals surface area contributed by atoms with Crippen molar-refractivity contribution in [2.75, 3.05) is 6.61 Å². The fourth-order valence-electron chi connectivity index (χ4n) is 2.83. The second-order valence-corrected chi connectivity index (χ2v) is 6.96. The molecule has 0 bridgehead atoms. The Labute approximate surface area is 155 Å². The number of hydrogen-bond acceptors (Lipinski definition) is 7. The molecule has 0 saturated carbocycles. The molecule has 0 aromatic rings. The summed E-state index contributed by atoms with van der Waals surface area (Å²) in [5.74, 6) is -1.00. The molecular formula is C19H30O7. The number of ether oxygens (including phenoxy) is 4. The second-order valence-electron chi connectivity index (χ2n) is 6.96. The summed E-state index contributed by atoms with van der Waals surface area (Å²) in [6.07, 6.45) is 2.06. The molecule has 0 aliphatic carbocycles. The zero-order chi connectivity index (χ0) is 19.9. The Kier molecular flexibility index (Phi) is 8.78. The summed E-state index contributed by atoms with van der Waals surface area (Å²) in [5.41, 5.74) is 0. The quantitative estimate of drug-likeness (QED) is 0.386. The first kappa shape index (κ1) is 22.2. The molecule has 1 rings (SSSR count). The van der Waals surface area contributed by atoms with Gasteiger partial charge in [-0.15, -0.1) is 0 Å². The number of carbonyl (C=O) groups excluding carboxylic acids is 3. The van der Waals surface area contributed by atoms with Crippen molar-refractivity contribution in [3.05, 3.63) is 12.2 Å². The predicted octanol–water partition coefficient (Wildman–Crippen LogP) is 2.42. The molecule has 0 amide bonds. The van der Waals surface area contributed by atoms with Gasteiger partial charge in [0.05, 0.1) is 6.10 Å². The Balaban J connectivity index is 3.02. The molecule has 1 saturated heterocycles. The molecule has 0 unspecified atom stereocenters. The second kappa shape index (κ2) is 10.3. The van der Waals surface area contributed by atoms with E-state index in [9.17, 15) is 14.4 Å². The molecule has 1 aliphatic heterocycles. The summed E-state index contributed by atoms with van der Waals surface area (Å²) in [5, 5.41) is 0. The Morgan fingerprint density at radius 1 is 1.00 bits per heavy atom. The van der Waals surface area contributed by atoms with Gasteiger partial charge in [-0.05, 0) is 5.92 Å². The van der Waals surface area contributed by atoms with E-state index in [1.165, 1.54) is 20.8 Å². The average Bonchev–Trinajstić information content (AvgIpc) is 2.51. The molecule has 7 nitrogen and oxygen atoms in total. The van der Waals surface area contributed by atoms with Crippen LogP contribution >= 0.6 is 0 Å². The molecule has 148 valence electrons. The zero-order valence-corrected chi connectivity index (χ0v) is 16.4. The van der Waals surface area contributed by atoms with Gasteiger partial charge in [-0.3, -0.25) is 14.4 Å². The van der Waals surface area contributed by atoms with E-state index in [2.05, 4.69) is 26.0 Å². The third-order valence-corrected chi connectivity index (χ3v) is 4.00. The molecule has 0 N–H and O–H groups in total. The fourth-order valence-corrected chi connectivity index (χ4v) is 2.83. The predicted molar refractivity (Wildman–Crippen MR) is 94.2 cm³/mol. The van der Waals surface area contributed by atoms with E-state index in [1.807, 2.05) is 6.92 Å². The Morgan fingerprint density at radius 3 is 2.12 bits per heavy atom. The summed E-state index contributed by atoms with van der Waals surface area (Å²) in [4.78, 5) is 34.2. The molecule has 26 heavy (non-hydrogen) atoms. The summed E-state index contributed by atoms with van der Waals surface area (Å²) in [6, 6.07) is 0. The standard InChI is InChI=1S/C19H30O7/c1-11(2)7-8-12(3)16-9-17(24-14(5)21)19(25-15(6)22)18(26-16)10-23-13(4)20/h7-8,11-12,16-19H,9-10H2,1-6H3/b8-7+/t12-,16+,17+,18+,19-/m0/s1. The number of rotatable bonds is 7. The average molecular weight is 370 g/mol. The van der Waals surface area contributed by atoms with Crippen LogP contribution in [0.5, 0.6) is 0 Å². The normalized spacial score (nSPS) is 27.2. The van der Waals surface area contributed by atoms with Crippen LogP contribution in [0.3, 0.4) is 0 Å². The molecule has 5 atom stereocenters. The molecule has 1 heterocycles. The van der Waals surface area contributed by atoms with Crippen LogP contribution in [0, 0.1) is 11.8 Å². The van der Waals surface area contributed by atoms with Gasteiger partial charge in [0.15, 0.2) is 6.10 Å². The van der Waals surface area contributed by atoms with Gasteiger partial charge < -0.3 is 18.9 Å². The Hall–Kier alpha value is -1.89. The fraction of sp³-hybridized carbons (Fsp3) is 0.737. The van der Waals surface area contributed by atoms with Crippen LogP contribution in [0.4, 0.5) is 0 Å². The number of hydrogen-bond donors (Lipinski definition) is 0. The molecule has 7 heteroatoms. The van der Waals surface area contributed by atoms with E-state index in [-0.39, 0.29) is 18.6 Å². The molecule has 0 spiro atoms. The van der Waals surface area contributed by atoms with Crippen molar-refractivity contribution in [3.63, 3.8) is 0 Å². The van der Waals surface area contributed by atoms with E-state index < -0.39 is 36.2 Å². The van der Waals surface area contributed by atoms with E-state index in [1.54, 1.807) is 0 Å². The third-order valence-electron chi connectivity index (χ3n) is 4.00. The zero-order valence-electron chi connectivity index (χ0n) is 16.4. The number of allylic oxidation sites excluding steroid dienone is 1. The Morgan fingerprint density at radius 2 is 1.62 bits per heavy atom. The van der Waals surface area contributed by atoms with Gasteiger partial charge >= 0.3 is 17.9 Å². The van der Waals surface area contributed by atoms with E-state index in [4.69, 9.17) is 18.9 Å². The highest BCUT2D eigenvalue weighted by molar-refractivity contribution is 5.67. The molecular weight excluding hydrogens is 340 g/mol. The van der Waals surface area contributed by atoms with Gasteiger partial charge in [0.25, 0.3) is 0 Å². The smallest absolute Gasteiger partial charge is 0.303 e. The summed E-state index contributed by atoms with van der Waals surface area (Å²) in [7, 11) is 0. The van der Waals surface area contributed by atoms with Gasteiger partial charge in [0.2, 0.25) is 0 Å². The van der Waals surface area contributed by atoms with Crippen LogP contribution in [0.2, 0.25) is 0 Å². The first-order valence-corrected chi connectivity index (χ1v) is 8.91. The van der Waals surface area contributed by atoms with Crippen molar-refractivity contribution in [1.29, 1.82) is 0 Å². The van der Waals surface area contributed by atoms with E-state index in [0.29, 0.717) is 12.3 Å². The minimum Gasteiger partial charge on any atom is -0.463 e. The van der Waals surface area contributed by atoms with Gasteiger partial charge in [0, 0.05) is 33.1 Å². The van der Waals surface area contributed by atoms with E-state index in [0.717, 1.165) is 0 Å². The third kappa shape index (κ3) is 7.56. The van der Waals surface area contributed by atoms with Crippen LogP contribution in [0.1, 0.15) is 48.0 Å². The summed E-state index contributed by atoms with van der Waals surface area (Å²) >= 11 is 0. The lowest BCUT2D eigenvalue weighted by Crippen LogP contribution is -2.54. The van der Waals surface area contributed by atoms with Crippen LogP contribution in [0.15, 0.2) is 12.2 Å². The van der Waals surface area contributed by atoms with Gasteiger partial charge in [-0.25, -0.2) is 0 Å². The monoisotopic (exact) mass is 370 g/mol. The highest BCUT2D eigenvalue weighted by atomic mass is 16.6. The maximum absolute atomic E-state index is 11.5. The van der Waals surface area contributed by atoms with Crippen LogP contribution in [0.25, 0.3) is 0 Å². The molecule has 1 fully saturated rings. The Bertz CT molecular complexity index is 526. The number of carbonyl (C=O) groups is 3. The highest BCUT2D eigenvalue weighted by Crippen LogP contribution is 2.30. The summed E-state index contributed by atoms with van der Waals surface area (Å²) < 4.78 is 21.8. The molecule has 1 aliphatic rings. The highest BCUT2D eigenvalue weighted by Gasteiger charge is 2.44. The topological polar surface area (TPSA) is 88.1 Å². The van der Waals surface area contributed by atoms with Gasteiger partial charge in [-0.2, -0.15) is 0 Å². The van der Waals surface area contributed by atoms with Crippen molar-refractivity contribution >= 4 is 17.9 Å². The molecule has 0 aromatic carbocycles. The molecule has 0 radical (unpaired) electrons. The summed E-state index contributed by atoms with van der Waals surface area (Å²) in [6.45, 7) is 9.94. The molecule has 0 aromatic heterocycles. The van der Waals surface area contributed by atoms with Crippen molar-refractivity contribution in [3.8, 4) is 0 Å². The maximum Gasteiger partial charge on any atom is 0.303 e. The number of esters is 3. The van der Waals surface area contributed by atoms with Crippen LogP contribution < -0.4 is 0 Å². The minimum absolute atomic E-state index is 0.0496. The SMILES string of the molecule is CC(=O)OC[C@H]1O[C@@H]([C@@H](C)/C=C/C(C)C)C[C@@H](OC(C)=O)[C@@H]1OC(C)=O. The van der Waals surface area contributed by atoms with E-state index >= 15 is 0 Å². The van der Waals surface area contributed by atoms with Gasteiger partial charge in [0.1, 0.15) is 18.8 Å². The van der Waals surface area contributed by atoms with Gasteiger partial charge in [-0.1, -0.05) is 32.9 Å². The van der Waals surface area contributed by atoms with Crippen LogP contribution in [-0.4, -0.2) is 48.9 Å². The lowest BCUT2D eigenvalue weighted by Gasteiger charge is -2.41. The lowest BCUT2D eigenvalue weighted by molar-refractivity contribution is -0.218. The van der Waals surface area contributed by atoms with Crippen LogP contribution in [-0.2, 0) is 33.3 Å². The first-order valence-electron chi connectivity index (χ1n) is 8.91. The minimum atomic E-state index is -0.826. The lowest BCUT2D eigenvalue weighted by atomic mass is 9.90. The first-order chi connectivity index (χ1) is 12.1. The largest absolute Gasteiger partial charge is 0.463 e. The van der Waals surface area contributed by atoms with Crippen molar-refractivity contribution < 1.29 is 33.3 Å². The van der Waals surface area contributed by atoms with Crippen molar-refractivity contribution in [2.24, 2.45) is 11.8 Å². The maximum atomic E-state index is 11.5.